The first-order valence-corrected chi connectivity index (χ1v) is 9.30. The van der Waals surface area contributed by atoms with Gasteiger partial charge < -0.3 is 0 Å². The van der Waals surface area contributed by atoms with Crippen molar-refractivity contribution in [3.63, 3.8) is 0 Å². The Hall–Kier alpha value is -2.95. The predicted octanol–water partition coefficient (Wildman–Crippen LogP) is 4.49. The third kappa shape index (κ3) is 5.52. The predicted molar refractivity (Wildman–Crippen MR) is 109 cm³/mol. The highest BCUT2D eigenvalue weighted by molar-refractivity contribution is 6.67. The Labute approximate surface area is 169 Å². The van der Waals surface area contributed by atoms with Crippen LogP contribution in [0.3, 0.4) is 0 Å². The van der Waals surface area contributed by atoms with Crippen molar-refractivity contribution < 1.29 is 14.4 Å². The summed E-state index contributed by atoms with van der Waals surface area (Å²) in [6, 6.07) is 26.7. The van der Waals surface area contributed by atoms with E-state index in [-0.39, 0.29) is 18.2 Å². The van der Waals surface area contributed by atoms with Crippen LogP contribution in [0.2, 0.25) is 0 Å². The molecule has 1 amide bonds. The van der Waals surface area contributed by atoms with Crippen molar-refractivity contribution in [3.05, 3.63) is 107 Å². The van der Waals surface area contributed by atoms with Gasteiger partial charge in [-0.2, -0.15) is 0 Å². The molecule has 28 heavy (non-hydrogen) atoms. The number of hydrogen-bond donors (Lipinski definition) is 1. The smallest absolute Gasteiger partial charge is 0.252 e. The molecule has 0 saturated carbocycles. The zero-order valence-electron chi connectivity index (χ0n) is 15.2. The van der Waals surface area contributed by atoms with Gasteiger partial charge in [-0.15, -0.1) is 0 Å². The minimum Gasteiger partial charge on any atom is -0.276 e. The molecule has 0 bridgehead atoms. The lowest BCUT2D eigenvalue weighted by molar-refractivity contribution is -0.133. The maximum absolute atomic E-state index is 12.2. The number of benzene rings is 3. The Kier molecular flexibility index (Phi) is 6.95. The van der Waals surface area contributed by atoms with E-state index in [1.54, 1.807) is 24.3 Å². The van der Waals surface area contributed by atoms with Gasteiger partial charge in [-0.1, -0.05) is 72.8 Å². The summed E-state index contributed by atoms with van der Waals surface area (Å²) in [7, 11) is 0. The van der Waals surface area contributed by atoms with Gasteiger partial charge in [-0.25, -0.2) is 5.48 Å². The molecule has 1 N–H and O–H groups in total. The zero-order valence-corrected chi connectivity index (χ0v) is 15.9. The molecule has 0 heterocycles. The molecule has 4 nitrogen and oxygen atoms in total. The van der Waals surface area contributed by atoms with E-state index in [0.29, 0.717) is 12.2 Å². The highest BCUT2D eigenvalue weighted by Crippen LogP contribution is 2.24. The highest BCUT2D eigenvalue weighted by Gasteiger charge is 2.15. The van der Waals surface area contributed by atoms with Crippen LogP contribution in [0.5, 0.6) is 0 Å². The van der Waals surface area contributed by atoms with Crippen LogP contribution in [0.15, 0.2) is 84.9 Å². The molecule has 0 aromatic heterocycles. The van der Waals surface area contributed by atoms with E-state index >= 15 is 0 Å². The lowest BCUT2D eigenvalue weighted by Gasteiger charge is -2.18. The van der Waals surface area contributed by atoms with Gasteiger partial charge in [-0.3, -0.25) is 14.4 Å². The first-order valence-electron chi connectivity index (χ1n) is 8.93. The Morgan fingerprint density at radius 3 is 1.86 bits per heavy atom. The number of halogens is 1. The van der Waals surface area contributed by atoms with E-state index in [1.165, 1.54) is 0 Å². The van der Waals surface area contributed by atoms with Gasteiger partial charge in [0.25, 0.3) is 5.24 Å². The van der Waals surface area contributed by atoms with Crippen LogP contribution in [0.4, 0.5) is 0 Å². The number of amides is 1. The summed E-state index contributed by atoms with van der Waals surface area (Å²) in [6.45, 7) is 0.319. The molecule has 3 rings (SSSR count). The number of nitrogens with one attached hydrogen (secondary N) is 1. The fourth-order valence-corrected chi connectivity index (χ4v) is 3.06. The SMILES string of the molecule is O=C(Cc1ccc(C(=O)Cl)cc1)NOCC(c1ccccc1)c1ccccc1. The summed E-state index contributed by atoms with van der Waals surface area (Å²) in [5.74, 6) is -0.249. The Bertz CT molecular complexity index is 872. The van der Waals surface area contributed by atoms with Crippen LogP contribution in [0.25, 0.3) is 0 Å². The molecular weight excluding hydrogens is 374 g/mol. The van der Waals surface area contributed by atoms with Gasteiger partial charge in [-0.05, 0) is 40.4 Å². The Morgan fingerprint density at radius 2 is 1.36 bits per heavy atom. The minimum atomic E-state index is -0.521. The molecule has 0 fully saturated rings. The van der Waals surface area contributed by atoms with Crippen molar-refractivity contribution in [2.24, 2.45) is 0 Å². The maximum Gasteiger partial charge on any atom is 0.252 e. The van der Waals surface area contributed by atoms with Crippen molar-refractivity contribution in [2.75, 3.05) is 6.61 Å². The molecular formula is C23H20ClNO3. The third-order valence-corrected chi connectivity index (χ3v) is 4.60. The Morgan fingerprint density at radius 1 is 0.821 bits per heavy atom. The monoisotopic (exact) mass is 393 g/mol. The lowest BCUT2D eigenvalue weighted by atomic mass is 9.92. The molecule has 3 aromatic rings. The van der Waals surface area contributed by atoms with E-state index in [1.807, 2.05) is 60.7 Å². The van der Waals surface area contributed by atoms with Crippen LogP contribution in [0, 0.1) is 0 Å². The van der Waals surface area contributed by atoms with Gasteiger partial charge in [0.2, 0.25) is 5.91 Å². The average molecular weight is 394 g/mol. The molecule has 142 valence electrons. The van der Waals surface area contributed by atoms with Crippen molar-refractivity contribution >= 4 is 22.8 Å². The maximum atomic E-state index is 12.2. The topological polar surface area (TPSA) is 55.4 Å². The van der Waals surface area contributed by atoms with E-state index in [4.69, 9.17) is 16.4 Å². The summed E-state index contributed by atoms with van der Waals surface area (Å²) in [6.07, 6.45) is 0.151. The highest BCUT2D eigenvalue weighted by atomic mass is 35.5. The number of rotatable bonds is 8. The summed E-state index contributed by atoms with van der Waals surface area (Å²) >= 11 is 5.42. The van der Waals surface area contributed by atoms with Crippen LogP contribution in [0.1, 0.15) is 33.0 Å². The second-order valence-corrected chi connectivity index (χ2v) is 6.70. The fraction of sp³-hybridized carbons (Fsp3) is 0.130. The number of hydrogen-bond acceptors (Lipinski definition) is 3. The van der Waals surface area contributed by atoms with Crippen LogP contribution < -0.4 is 5.48 Å². The summed E-state index contributed by atoms with van der Waals surface area (Å²) in [5.41, 5.74) is 5.90. The quantitative estimate of drug-likeness (QED) is 0.453. The van der Waals surface area contributed by atoms with Crippen molar-refractivity contribution in [3.8, 4) is 0 Å². The first-order chi connectivity index (χ1) is 13.6. The summed E-state index contributed by atoms with van der Waals surface area (Å²) in [5, 5.41) is -0.521. The van der Waals surface area contributed by atoms with Gasteiger partial charge in [0.05, 0.1) is 13.0 Å². The van der Waals surface area contributed by atoms with Crippen LogP contribution >= 0.6 is 11.6 Å². The van der Waals surface area contributed by atoms with E-state index in [0.717, 1.165) is 16.7 Å². The standard InChI is InChI=1S/C23H20ClNO3/c24-23(27)20-13-11-17(12-14-20)15-22(26)25-28-16-21(18-7-3-1-4-8-18)19-9-5-2-6-10-19/h1-14,21H,15-16H2,(H,25,26). The Balaban J connectivity index is 1.58. The average Bonchev–Trinajstić information content (AvgIpc) is 2.73. The molecule has 0 aliphatic carbocycles. The minimum absolute atomic E-state index is 0.0108. The summed E-state index contributed by atoms with van der Waals surface area (Å²) in [4.78, 5) is 28.8. The number of carbonyl (C=O) groups is 2. The first kappa shape index (κ1) is 19.8. The molecule has 0 saturated heterocycles. The largest absolute Gasteiger partial charge is 0.276 e. The summed E-state index contributed by atoms with van der Waals surface area (Å²) < 4.78 is 0. The molecule has 0 spiro atoms. The molecule has 5 heteroatoms. The molecule has 3 aromatic carbocycles. The molecule has 0 radical (unpaired) electrons. The normalized spacial score (nSPS) is 10.6. The lowest BCUT2D eigenvalue weighted by Crippen LogP contribution is -2.27. The zero-order chi connectivity index (χ0) is 19.8. The fourth-order valence-electron chi connectivity index (χ4n) is 2.94. The van der Waals surface area contributed by atoms with Gasteiger partial charge in [0.1, 0.15) is 0 Å². The van der Waals surface area contributed by atoms with Crippen LogP contribution in [-0.4, -0.2) is 17.8 Å². The van der Waals surface area contributed by atoms with Crippen molar-refractivity contribution in [1.29, 1.82) is 0 Å². The van der Waals surface area contributed by atoms with Crippen molar-refractivity contribution in [1.82, 2.24) is 5.48 Å². The molecule has 0 unspecified atom stereocenters. The van der Waals surface area contributed by atoms with Crippen molar-refractivity contribution in [2.45, 2.75) is 12.3 Å². The van der Waals surface area contributed by atoms with E-state index in [9.17, 15) is 9.59 Å². The number of hydroxylamine groups is 1. The van der Waals surface area contributed by atoms with Gasteiger partial charge in [0, 0.05) is 11.5 Å². The second-order valence-electron chi connectivity index (χ2n) is 6.36. The second kappa shape index (κ2) is 9.83. The van der Waals surface area contributed by atoms with Gasteiger partial charge >= 0.3 is 0 Å². The number of carbonyl (C=O) groups excluding carboxylic acids is 2. The van der Waals surface area contributed by atoms with E-state index in [2.05, 4.69) is 5.48 Å². The molecule has 0 aliphatic rings. The van der Waals surface area contributed by atoms with E-state index < -0.39 is 5.24 Å². The third-order valence-electron chi connectivity index (χ3n) is 4.39. The molecule has 0 aliphatic heterocycles. The molecule has 0 atom stereocenters. The van der Waals surface area contributed by atoms with Gasteiger partial charge in [0.15, 0.2) is 0 Å². The van der Waals surface area contributed by atoms with Crippen LogP contribution in [-0.2, 0) is 16.1 Å².